The van der Waals surface area contributed by atoms with Crippen molar-refractivity contribution < 1.29 is 0 Å². The molecule has 2 N–H and O–H groups in total. The smallest absolute Gasteiger partial charge is 0.137 e. The molecule has 4 heteroatoms. The van der Waals surface area contributed by atoms with Crippen molar-refractivity contribution in [2.75, 3.05) is 0 Å². The van der Waals surface area contributed by atoms with Gasteiger partial charge >= 0.3 is 0 Å². The third kappa shape index (κ3) is 4.76. The lowest BCUT2D eigenvalue weighted by molar-refractivity contribution is 0.590. The van der Waals surface area contributed by atoms with Gasteiger partial charge in [0.1, 0.15) is 11.6 Å². The van der Waals surface area contributed by atoms with E-state index in [9.17, 15) is 0 Å². The summed E-state index contributed by atoms with van der Waals surface area (Å²) in [6.07, 6.45) is 3.82. The summed E-state index contributed by atoms with van der Waals surface area (Å²) in [4.78, 5) is 16.4. The maximum atomic E-state index is 4.69. The molecule has 5 aromatic rings. The molecular weight excluding hydrogens is 440 g/mol. The normalized spacial score (nSPS) is 12.2. The molecule has 2 heterocycles. The lowest BCUT2D eigenvalue weighted by atomic mass is 9.87. The first-order valence-corrected chi connectivity index (χ1v) is 12.5. The molecule has 4 nitrogen and oxygen atoms in total. The fourth-order valence-corrected chi connectivity index (χ4v) is 4.42. The van der Waals surface area contributed by atoms with Gasteiger partial charge in [-0.05, 0) is 22.0 Å². The van der Waals surface area contributed by atoms with Gasteiger partial charge in [0.2, 0.25) is 0 Å². The van der Waals surface area contributed by atoms with Gasteiger partial charge in [0.25, 0.3) is 0 Å². The van der Waals surface area contributed by atoms with Gasteiger partial charge in [-0.15, -0.1) is 0 Å². The third-order valence-corrected chi connectivity index (χ3v) is 6.71. The highest BCUT2D eigenvalue weighted by Gasteiger charge is 2.17. The Balaban J connectivity index is 1.44. The van der Waals surface area contributed by atoms with Gasteiger partial charge in [0.15, 0.2) is 0 Å². The third-order valence-electron chi connectivity index (χ3n) is 6.71. The Labute approximate surface area is 213 Å². The number of imidazole rings is 2. The zero-order chi connectivity index (χ0) is 25.5. The Kier molecular flexibility index (Phi) is 5.91. The number of nitrogens with one attached hydrogen (secondary N) is 2. The summed E-state index contributed by atoms with van der Waals surface area (Å²) < 4.78 is 0. The Hall–Kier alpha value is -3.92. The second-order valence-electron chi connectivity index (χ2n) is 11.5. The van der Waals surface area contributed by atoms with Gasteiger partial charge in [0.05, 0.1) is 23.8 Å². The second-order valence-corrected chi connectivity index (χ2v) is 11.5. The van der Waals surface area contributed by atoms with E-state index in [-0.39, 0.29) is 10.8 Å². The molecule has 182 valence electrons. The SMILES string of the molecule is CC(C)(C)c1ccc(-c2ncc(-c3ccccc3-c3cnc(-c4ccc(C(C)(C)C)cc4)[nH]3)[nH]2)cc1. The van der Waals surface area contributed by atoms with Gasteiger partial charge in [-0.25, -0.2) is 9.97 Å². The largest absolute Gasteiger partial charge is 0.338 e. The molecule has 0 saturated carbocycles. The van der Waals surface area contributed by atoms with E-state index in [0.29, 0.717) is 0 Å². The van der Waals surface area contributed by atoms with Gasteiger partial charge in [-0.2, -0.15) is 0 Å². The van der Waals surface area contributed by atoms with Crippen LogP contribution in [0.25, 0.3) is 45.3 Å². The molecule has 5 rings (SSSR count). The number of aromatic amines is 2. The molecule has 0 amide bonds. The van der Waals surface area contributed by atoms with Crippen LogP contribution in [0.1, 0.15) is 52.7 Å². The number of hydrogen-bond donors (Lipinski definition) is 2. The van der Waals surface area contributed by atoms with Crippen molar-refractivity contribution in [2.24, 2.45) is 0 Å². The van der Waals surface area contributed by atoms with Gasteiger partial charge in [0, 0.05) is 22.3 Å². The van der Waals surface area contributed by atoms with Crippen LogP contribution in [0.3, 0.4) is 0 Å². The summed E-state index contributed by atoms with van der Waals surface area (Å²) in [7, 11) is 0. The minimum atomic E-state index is 0.128. The molecule has 36 heavy (non-hydrogen) atoms. The summed E-state index contributed by atoms with van der Waals surface area (Å²) in [5.74, 6) is 1.73. The van der Waals surface area contributed by atoms with Gasteiger partial charge in [-0.3, -0.25) is 0 Å². The van der Waals surface area contributed by atoms with Crippen molar-refractivity contribution >= 4 is 0 Å². The van der Waals surface area contributed by atoms with Crippen molar-refractivity contribution in [2.45, 2.75) is 52.4 Å². The quantitative estimate of drug-likeness (QED) is 0.275. The maximum absolute atomic E-state index is 4.69. The predicted molar refractivity (Wildman–Crippen MR) is 150 cm³/mol. The molecule has 0 radical (unpaired) electrons. The van der Waals surface area contributed by atoms with Crippen LogP contribution in [-0.2, 0) is 10.8 Å². The van der Waals surface area contributed by atoms with E-state index in [0.717, 1.165) is 45.3 Å². The first-order valence-electron chi connectivity index (χ1n) is 12.5. The summed E-state index contributed by atoms with van der Waals surface area (Å²) >= 11 is 0. The molecule has 0 bridgehead atoms. The fourth-order valence-electron chi connectivity index (χ4n) is 4.42. The highest BCUT2D eigenvalue weighted by atomic mass is 14.9. The first kappa shape index (κ1) is 23.8. The molecule has 0 aliphatic heterocycles. The highest BCUT2D eigenvalue weighted by Crippen LogP contribution is 2.33. The topological polar surface area (TPSA) is 57.4 Å². The van der Waals surface area contributed by atoms with E-state index in [2.05, 4.69) is 134 Å². The number of H-pyrrole nitrogens is 2. The van der Waals surface area contributed by atoms with Crippen LogP contribution in [0.15, 0.2) is 85.2 Å². The lowest BCUT2D eigenvalue weighted by Gasteiger charge is -2.18. The second kappa shape index (κ2) is 8.94. The van der Waals surface area contributed by atoms with E-state index >= 15 is 0 Å². The van der Waals surface area contributed by atoms with Crippen LogP contribution in [-0.4, -0.2) is 19.9 Å². The Bertz CT molecular complexity index is 1360. The molecule has 0 unspecified atom stereocenters. The van der Waals surface area contributed by atoms with Crippen molar-refractivity contribution in [3.05, 3.63) is 96.3 Å². The molecule has 0 atom stereocenters. The standard InChI is InChI=1S/C32H34N4/c1-31(2,3)23-15-11-21(12-16-23)29-33-19-27(35-29)25-9-7-8-10-26(25)28-20-34-30(36-28)22-13-17-24(18-14-22)32(4,5)6/h7-20H,1-6H3,(H,33,35)(H,34,36). The summed E-state index contributed by atoms with van der Waals surface area (Å²) in [5.41, 5.74) is 9.16. The van der Waals surface area contributed by atoms with Crippen molar-refractivity contribution in [1.29, 1.82) is 0 Å². The monoisotopic (exact) mass is 474 g/mol. The van der Waals surface area contributed by atoms with E-state index in [4.69, 9.17) is 0 Å². The predicted octanol–water partition coefficient (Wildman–Crippen LogP) is 8.40. The maximum Gasteiger partial charge on any atom is 0.137 e. The van der Waals surface area contributed by atoms with Crippen LogP contribution in [0.2, 0.25) is 0 Å². The number of benzene rings is 3. The molecule has 0 aliphatic rings. The lowest BCUT2D eigenvalue weighted by Crippen LogP contribution is -2.10. The fraction of sp³-hybridized carbons (Fsp3) is 0.250. The van der Waals surface area contributed by atoms with E-state index < -0.39 is 0 Å². The van der Waals surface area contributed by atoms with Crippen LogP contribution in [0.5, 0.6) is 0 Å². The number of aromatic nitrogens is 4. The first-order chi connectivity index (χ1) is 17.1. The van der Waals surface area contributed by atoms with E-state index in [1.807, 2.05) is 12.4 Å². The van der Waals surface area contributed by atoms with Crippen molar-refractivity contribution in [3.8, 4) is 45.3 Å². The number of hydrogen-bond acceptors (Lipinski definition) is 2. The number of nitrogens with zero attached hydrogens (tertiary/aromatic N) is 2. The molecule has 0 spiro atoms. The zero-order valence-corrected chi connectivity index (χ0v) is 22.0. The average molecular weight is 475 g/mol. The Morgan fingerprint density at radius 1 is 0.500 bits per heavy atom. The van der Waals surface area contributed by atoms with Crippen LogP contribution in [0, 0.1) is 0 Å². The Morgan fingerprint density at radius 2 is 0.861 bits per heavy atom. The van der Waals surface area contributed by atoms with Crippen LogP contribution < -0.4 is 0 Å². The minimum Gasteiger partial charge on any atom is -0.338 e. The van der Waals surface area contributed by atoms with Crippen LogP contribution in [0.4, 0.5) is 0 Å². The summed E-state index contributed by atoms with van der Waals surface area (Å²) in [5, 5.41) is 0. The average Bonchev–Trinajstić information content (AvgIpc) is 3.54. The van der Waals surface area contributed by atoms with E-state index in [1.54, 1.807) is 0 Å². The Morgan fingerprint density at radius 3 is 1.19 bits per heavy atom. The zero-order valence-electron chi connectivity index (χ0n) is 22.0. The molecule has 0 fully saturated rings. The molecule has 2 aromatic heterocycles. The van der Waals surface area contributed by atoms with Gasteiger partial charge < -0.3 is 9.97 Å². The minimum absolute atomic E-state index is 0.128. The summed E-state index contributed by atoms with van der Waals surface area (Å²) in [6.45, 7) is 13.4. The summed E-state index contributed by atoms with van der Waals surface area (Å²) in [6, 6.07) is 25.7. The number of rotatable bonds is 4. The van der Waals surface area contributed by atoms with Crippen molar-refractivity contribution in [3.63, 3.8) is 0 Å². The molecule has 3 aromatic carbocycles. The van der Waals surface area contributed by atoms with Gasteiger partial charge in [-0.1, -0.05) is 114 Å². The van der Waals surface area contributed by atoms with E-state index in [1.165, 1.54) is 11.1 Å². The highest BCUT2D eigenvalue weighted by molar-refractivity contribution is 5.81. The molecular formula is C32H34N4. The molecule has 0 aliphatic carbocycles. The van der Waals surface area contributed by atoms with Crippen LogP contribution >= 0.6 is 0 Å². The molecule has 0 saturated heterocycles. The van der Waals surface area contributed by atoms with Crippen molar-refractivity contribution in [1.82, 2.24) is 19.9 Å².